The number of rotatable bonds is 4. The second kappa shape index (κ2) is 6.59. The summed E-state index contributed by atoms with van der Waals surface area (Å²) in [5.74, 6) is 0.525. The molecule has 0 spiro atoms. The van der Waals surface area contributed by atoms with Crippen molar-refractivity contribution in [1.82, 2.24) is 4.90 Å². The average Bonchev–Trinajstić information content (AvgIpc) is 2.41. The highest BCUT2D eigenvalue weighted by molar-refractivity contribution is 5.15. The number of hydrogen-bond donors (Lipinski definition) is 1. The van der Waals surface area contributed by atoms with Crippen LogP contribution in [0.4, 0.5) is 13.2 Å². The van der Waals surface area contributed by atoms with Crippen LogP contribution >= 0.6 is 0 Å². The Labute approximate surface area is 117 Å². The SMILES string of the molecule is O[C@@H](CN1CCC(Cc2ccccc2)CC1)C(F)(F)F. The van der Waals surface area contributed by atoms with E-state index in [-0.39, 0.29) is 6.54 Å². The molecule has 1 heterocycles. The maximum atomic E-state index is 12.3. The number of aliphatic hydroxyl groups is 1. The fourth-order valence-corrected chi connectivity index (χ4v) is 2.67. The Morgan fingerprint density at radius 2 is 1.75 bits per heavy atom. The molecular formula is C15H20F3NO. The summed E-state index contributed by atoms with van der Waals surface area (Å²) >= 11 is 0. The van der Waals surface area contributed by atoms with Gasteiger partial charge in [0.05, 0.1) is 0 Å². The number of aliphatic hydroxyl groups excluding tert-OH is 1. The minimum Gasteiger partial charge on any atom is -0.382 e. The van der Waals surface area contributed by atoms with E-state index in [1.807, 2.05) is 18.2 Å². The average molecular weight is 287 g/mol. The van der Waals surface area contributed by atoms with Crippen molar-refractivity contribution in [2.75, 3.05) is 19.6 Å². The van der Waals surface area contributed by atoms with E-state index in [2.05, 4.69) is 12.1 Å². The van der Waals surface area contributed by atoms with Crippen LogP contribution in [-0.2, 0) is 6.42 Å². The number of β-amino-alcohol motifs (C(OH)–C–C–N with tert-alkyl or cyclic N) is 1. The zero-order valence-corrected chi connectivity index (χ0v) is 11.3. The van der Waals surface area contributed by atoms with Crippen LogP contribution in [0.2, 0.25) is 0 Å². The van der Waals surface area contributed by atoms with Crippen molar-refractivity contribution in [3.63, 3.8) is 0 Å². The van der Waals surface area contributed by atoms with Crippen molar-refractivity contribution in [3.05, 3.63) is 35.9 Å². The first kappa shape index (κ1) is 15.3. The number of hydrogen-bond acceptors (Lipinski definition) is 2. The van der Waals surface area contributed by atoms with Gasteiger partial charge in [-0.05, 0) is 43.8 Å². The van der Waals surface area contributed by atoms with Crippen LogP contribution < -0.4 is 0 Å². The minimum absolute atomic E-state index is 0.304. The predicted molar refractivity (Wildman–Crippen MR) is 71.4 cm³/mol. The van der Waals surface area contributed by atoms with Gasteiger partial charge in [-0.3, -0.25) is 0 Å². The lowest BCUT2D eigenvalue weighted by Gasteiger charge is -2.33. The highest BCUT2D eigenvalue weighted by Crippen LogP contribution is 2.25. The van der Waals surface area contributed by atoms with Crippen molar-refractivity contribution < 1.29 is 18.3 Å². The summed E-state index contributed by atoms with van der Waals surface area (Å²) in [6.07, 6.45) is -3.98. The molecule has 0 aromatic heterocycles. The van der Waals surface area contributed by atoms with E-state index in [0.29, 0.717) is 19.0 Å². The van der Waals surface area contributed by atoms with Gasteiger partial charge >= 0.3 is 6.18 Å². The van der Waals surface area contributed by atoms with E-state index in [4.69, 9.17) is 5.11 Å². The minimum atomic E-state index is -4.51. The second-order valence-electron chi connectivity index (χ2n) is 5.49. The number of nitrogens with zero attached hydrogens (tertiary/aromatic N) is 1. The van der Waals surface area contributed by atoms with Gasteiger partial charge in [-0.2, -0.15) is 13.2 Å². The molecule has 0 amide bonds. The first-order chi connectivity index (χ1) is 9.45. The third-order valence-electron chi connectivity index (χ3n) is 3.88. The lowest BCUT2D eigenvalue weighted by Crippen LogP contribution is -2.44. The van der Waals surface area contributed by atoms with E-state index in [1.165, 1.54) is 5.56 Å². The smallest absolute Gasteiger partial charge is 0.382 e. The molecule has 1 atom stereocenters. The summed E-state index contributed by atoms with van der Waals surface area (Å²) in [4.78, 5) is 1.71. The highest BCUT2D eigenvalue weighted by Gasteiger charge is 2.39. The number of alkyl halides is 3. The number of piperidine rings is 1. The molecule has 0 bridgehead atoms. The van der Waals surface area contributed by atoms with E-state index in [1.54, 1.807) is 4.90 Å². The summed E-state index contributed by atoms with van der Waals surface area (Å²) < 4.78 is 36.9. The molecule has 112 valence electrons. The Balaban J connectivity index is 1.75. The van der Waals surface area contributed by atoms with Gasteiger partial charge in [-0.1, -0.05) is 30.3 Å². The molecule has 1 aromatic carbocycles. The van der Waals surface area contributed by atoms with E-state index in [0.717, 1.165) is 19.3 Å². The molecule has 0 radical (unpaired) electrons. The molecule has 1 aliphatic rings. The summed E-state index contributed by atoms with van der Waals surface area (Å²) in [5.41, 5.74) is 1.28. The Bertz CT molecular complexity index is 399. The van der Waals surface area contributed by atoms with Crippen molar-refractivity contribution in [2.45, 2.75) is 31.5 Å². The molecule has 20 heavy (non-hydrogen) atoms. The Morgan fingerprint density at radius 3 is 2.30 bits per heavy atom. The number of likely N-dealkylation sites (tertiary alicyclic amines) is 1. The van der Waals surface area contributed by atoms with Gasteiger partial charge in [0.25, 0.3) is 0 Å². The van der Waals surface area contributed by atoms with Crippen molar-refractivity contribution in [1.29, 1.82) is 0 Å². The van der Waals surface area contributed by atoms with Crippen LogP contribution in [0.25, 0.3) is 0 Å². The second-order valence-corrected chi connectivity index (χ2v) is 5.49. The third kappa shape index (κ3) is 4.49. The summed E-state index contributed by atoms with van der Waals surface area (Å²) in [6, 6.07) is 10.2. The first-order valence-electron chi connectivity index (χ1n) is 6.96. The van der Waals surface area contributed by atoms with Crippen molar-refractivity contribution in [3.8, 4) is 0 Å². The topological polar surface area (TPSA) is 23.5 Å². The molecule has 0 saturated carbocycles. The molecule has 1 saturated heterocycles. The van der Waals surface area contributed by atoms with Crippen LogP contribution in [-0.4, -0.2) is 41.9 Å². The van der Waals surface area contributed by atoms with Gasteiger partial charge in [0, 0.05) is 6.54 Å². The fourth-order valence-electron chi connectivity index (χ4n) is 2.67. The summed E-state index contributed by atoms with van der Waals surface area (Å²) in [5, 5.41) is 9.07. The maximum Gasteiger partial charge on any atom is 0.415 e. The quantitative estimate of drug-likeness (QED) is 0.920. The van der Waals surface area contributed by atoms with Gasteiger partial charge < -0.3 is 10.0 Å². The first-order valence-corrected chi connectivity index (χ1v) is 6.96. The molecule has 5 heteroatoms. The summed E-state index contributed by atoms with van der Waals surface area (Å²) in [6.45, 7) is 0.955. The molecule has 1 fully saturated rings. The largest absolute Gasteiger partial charge is 0.415 e. The standard InChI is InChI=1S/C15H20F3NO/c16-15(17,18)14(20)11-19-8-6-13(7-9-19)10-12-4-2-1-3-5-12/h1-5,13-14,20H,6-11H2/t14-/m0/s1. The lowest BCUT2D eigenvalue weighted by molar-refractivity contribution is -0.208. The van der Waals surface area contributed by atoms with Crippen LogP contribution in [0.3, 0.4) is 0 Å². The van der Waals surface area contributed by atoms with Crippen molar-refractivity contribution in [2.24, 2.45) is 5.92 Å². The monoisotopic (exact) mass is 287 g/mol. The van der Waals surface area contributed by atoms with Gasteiger partial charge in [-0.25, -0.2) is 0 Å². The van der Waals surface area contributed by atoms with Crippen LogP contribution in [0.5, 0.6) is 0 Å². The van der Waals surface area contributed by atoms with Crippen LogP contribution in [0.1, 0.15) is 18.4 Å². The zero-order valence-electron chi connectivity index (χ0n) is 11.3. The Kier molecular flexibility index (Phi) is 5.05. The summed E-state index contributed by atoms with van der Waals surface area (Å²) in [7, 11) is 0. The van der Waals surface area contributed by atoms with Gasteiger partial charge in [0.15, 0.2) is 6.10 Å². The normalized spacial score (nSPS) is 20.0. The van der Waals surface area contributed by atoms with E-state index < -0.39 is 12.3 Å². The molecule has 0 unspecified atom stereocenters. The van der Waals surface area contributed by atoms with Crippen LogP contribution in [0.15, 0.2) is 30.3 Å². The van der Waals surface area contributed by atoms with Gasteiger partial charge in [-0.15, -0.1) is 0 Å². The van der Waals surface area contributed by atoms with Gasteiger partial charge in [0.1, 0.15) is 0 Å². The van der Waals surface area contributed by atoms with E-state index in [9.17, 15) is 13.2 Å². The molecular weight excluding hydrogens is 267 g/mol. The number of benzene rings is 1. The van der Waals surface area contributed by atoms with Crippen molar-refractivity contribution >= 4 is 0 Å². The highest BCUT2D eigenvalue weighted by atomic mass is 19.4. The number of halogens is 3. The fraction of sp³-hybridized carbons (Fsp3) is 0.600. The third-order valence-corrected chi connectivity index (χ3v) is 3.88. The Hall–Kier alpha value is -1.07. The molecule has 1 aromatic rings. The predicted octanol–water partition coefficient (Wildman–Crippen LogP) is 2.86. The van der Waals surface area contributed by atoms with Gasteiger partial charge in [0.2, 0.25) is 0 Å². The van der Waals surface area contributed by atoms with Crippen LogP contribution in [0, 0.1) is 5.92 Å². The Morgan fingerprint density at radius 1 is 1.15 bits per heavy atom. The molecule has 2 rings (SSSR count). The van der Waals surface area contributed by atoms with E-state index >= 15 is 0 Å². The molecule has 0 aliphatic carbocycles. The zero-order chi connectivity index (χ0) is 14.6. The molecule has 1 N–H and O–H groups in total. The maximum absolute atomic E-state index is 12.3. The molecule has 2 nitrogen and oxygen atoms in total. The lowest BCUT2D eigenvalue weighted by atomic mass is 9.90. The molecule has 1 aliphatic heterocycles.